The summed E-state index contributed by atoms with van der Waals surface area (Å²) in [6.07, 6.45) is 7.83. The Balaban J connectivity index is 1.38. The van der Waals surface area contributed by atoms with Gasteiger partial charge in [-0.1, -0.05) is 24.3 Å². The van der Waals surface area contributed by atoms with Crippen molar-refractivity contribution in [1.82, 2.24) is 0 Å². The fraction of sp³-hybridized carbons (Fsp3) is 0.200. The van der Waals surface area contributed by atoms with Crippen LogP contribution >= 0.6 is 0 Å². The lowest BCUT2D eigenvalue weighted by atomic mass is 9.92. The molecule has 0 atom stereocenters. The van der Waals surface area contributed by atoms with E-state index in [0.29, 0.717) is 5.56 Å². The average molecular weight is 335 g/mol. The van der Waals surface area contributed by atoms with Crippen molar-refractivity contribution >= 4 is 17.3 Å². The van der Waals surface area contributed by atoms with Crippen LogP contribution in [0, 0.1) is 0 Å². The van der Waals surface area contributed by atoms with Gasteiger partial charge in [0, 0.05) is 5.56 Å². The fourth-order valence-electron chi connectivity index (χ4n) is 2.86. The first-order valence-corrected chi connectivity index (χ1v) is 8.16. The number of nitrogens with zero attached hydrogens (tertiary/aromatic N) is 1. The molecular weight excluding hydrogens is 318 g/mol. The number of aliphatic imine (C=N–C) groups is 1. The van der Waals surface area contributed by atoms with Crippen LogP contribution in [0.15, 0.2) is 63.7 Å². The molecule has 0 spiro atoms. The molecule has 1 aliphatic heterocycles. The number of hydrogen-bond acceptors (Lipinski definition) is 4. The van der Waals surface area contributed by atoms with E-state index in [9.17, 15) is 4.79 Å². The second-order valence-electron chi connectivity index (χ2n) is 6.08. The van der Waals surface area contributed by atoms with Crippen LogP contribution in [0.1, 0.15) is 34.5 Å². The number of carboxylic acids is 1. The Morgan fingerprint density at radius 1 is 1.16 bits per heavy atom. The highest BCUT2D eigenvalue weighted by molar-refractivity contribution is 6.10. The number of carboxylic acid groups (broad SMARTS) is 1. The summed E-state index contributed by atoms with van der Waals surface area (Å²) in [4.78, 5) is 15.0. The zero-order valence-corrected chi connectivity index (χ0v) is 13.6. The van der Waals surface area contributed by atoms with E-state index in [1.165, 1.54) is 34.8 Å². The van der Waals surface area contributed by atoms with Gasteiger partial charge in [0.1, 0.15) is 12.4 Å². The third kappa shape index (κ3) is 3.55. The van der Waals surface area contributed by atoms with Gasteiger partial charge in [-0.15, -0.1) is 0 Å². The maximum atomic E-state index is 10.8. The Morgan fingerprint density at radius 3 is 2.48 bits per heavy atom. The zero-order valence-electron chi connectivity index (χ0n) is 13.6. The van der Waals surface area contributed by atoms with Crippen LogP contribution in [0.2, 0.25) is 0 Å². The van der Waals surface area contributed by atoms with Crippen LogP contribution in [0.4, 0.5) is 0 Å². The molecule has 0 unspecified atom stereocenters. The number of carbonyl (C=O) groups is 1. The van der Waals surface area contributed by atoms with Gasteiger partial charge in [-0.2, -0.15) is 0 Å². The summed E-state index contributed by atoms with van der Waals surface area (Å²) in [6, 6.07) is 9.42. The molecule has 1 aromatic carbocycles. The molecular formula is C20H17NO4. The maximum absolute atomic E-state index is 10.8. The van der Waals surface area contributed by atoms with Gasteiger partial charge in [-0.25, -0.2) is 4.79 Å². The Kier molecular flexibility index (Phi) is 3.98. The van der Waals surface area contributed by atoms with Crippen molar-refractivity contribution in [3.05, 3.63) is 71.2 Å². The van der Waals surface area contributed by atoms with Crippen LogP contribution < -0.4 is 4.74 Å². The Labute approximate surface area is 145 Å². The summed E-state index contributed by atoms with van der Waals surface area (Å²) in [5, 5.41) is 8.84. The minimum atomic E-state index is -1.08. The van der Waals surface area contributed by atoms with E-state index in [1.54, 1.807) is 0 Å². The smallest absolute Gasteiger partial charge is 0.371 e. The van der Waals surface area contributed by atoms with E-state index < -0.39 is 5.97 Å². The molecule has 5 heteroatoms. The molecule has 126 valence electrons. The molecule has 25 heavy (non-hydrogen) atoms. The predicted octanol–water partition coefficient (Wildman–Crippen LogP) is 4.12. The van der Waals surface area contributed by atoms with Crippen molar-refractivity contribution in [2.24, 2.45) is 4.99 Å². The van der Waals surface area contributed by atoms with Crippen molar-refractivity contribution in [1.29, 1.82) is 0 Å². The van der Waals surface area contributed by atoms with Crippen LogP contribution in [-0.4, -0.2) is 23.3 Å². The normalized spacial score (nSPS) is 15.9. The number of hydrogen-bond donors (Lipinski definition) is 1. The molecule has 2 aliphatic rings. The van der Waals surface area contributed by atoms with Crippen molar-refractivity contribution < 1.29 is 19.1 Å². The van der Waals surface area contributed by atoms with Gasteiger partial charge in [0.2, 0.25) is 5.76 Å². The van der Waals surface area contributed by atoms with Crippen molar-refractivity contribution in [3.8, 4) is 5.75 Å². The molecule has 0 bridgehead atoms. The first kappa shape index (κ1) is 15.4. The summed E-state index contributed by atoms with van der Waals surface area (Å²) >= 11 is 0. The lowest BCUT2D eigenvalue weighted by Gasteiger charge is -2.13. The molecule has 0 amide bonds. The number of allylic oxidation sites excluding steroid dienone is 3. The van der Waals surface area contributed by atoms with E-state index in [-0.39, 0.29) is 12.4 Å². The second kappa shape index (κ2) is 6.43. The molecule has 1 aromatic heterocycles. The van der Waals surface area contributed by atoms with E-state index >= 15 is 0 Å². The summed E-state index contributed by atoms with van der Waals surface area (Å²) in [7, 11) is 0. The standard InChI is InChI=1S/C20H17NO4/c22-20(23)19-9-13(12-25-19)11-24-17-7-5-15(6-8-17)14-1-3-16(4-2-14)18-10-21-18/h1,3,5-9,12H,2,4,10-11H2,(H,22,23). The summed E-state index contributed by atoms with van der Waals surface area (Å²) in [6.45, 7) is 1.18. The van der Waals surface area contributed by atoms with E-state index in [4.69, 9.17) is 14.3 Å². The molecule has 4 rings (SSSR count). The highest BCUT2D eigenvalue weighted by atomic mass is 16.5. The number of benzene rings is 1. The number of furan rings is 1. The van der Waals surface area contributed by atoms with Gasteiger partial charge in [0.05, 0.1) is 18.5 Å². The SMILES string of the molecule is O=C(O)c1cc(COc2ccc(C3=CC=C(C4=NC4)CC3)cc2)co1. The summed E-state index contributed by atoms with van der Waals surface area (Å²) in [5.41, 5.74) is 5.82. The average Bonchev–Trinajstić information content (AvgIpc) is 3.38. The predicted molar refractivity (Wildman–Crippen MR) is 94.0 cm³/mol. The first-order valence-electron chi connectivity index (χ1n) is 8.16. The monoisotopic (exact) mass is 335 g/mol. The van der Waals surface area contributed by atoms with Crippen LogP contribution in [0.3, 0.4) is 0 Å². The minimum absolute atomic E-state index is 0.0808. The van der Waals surface area contributed by atoms with Gasteiger partial charge in [0.25, 0.3) is 0 Å². The third-order valence-electron chi connectivity index (χ3n) is 4.33. The molecule has 2 heterocycles. The van der Waals surface area contributed by atoms with Gasteiger partial charge in [-0.3, -0.25) is 4.99 Å². The molecule has 2 aromatic rings. The Morgan fingerprint density at radius 2 is 1.88 bits per heavy atom. The van der Waals surface area contributed by atoms with E-state index in [2.05, 4.69) is 17.1 Å². The quantitative estimate of drug-likeness (QED) is 0.862. The topological polar surface area (TPSA) is 72.0 Å². The highest BCUT2D eigenvalue weighted by Crippen LogP contribution is 2.30. The van der Waals surface area contributed by atoms with Gasteiger partial charge in [0.15, 0.2) is 0 Å². The minimum Gasteiger partial charge on any atom is -0.489 e. The number of rotatable bonds is 6. The van der Waals surface area contributed by atoms with Crippen LogP contribution in [0.25, 0.3) is 5.57 Å². The Hall–Kier alpha value is -3.08. The molecule has 1 N–H and O–H groups in total. The second-order valence-corrected chi connectivity index (χ2v) is 6.08. The van der Waals surface area contributed by atoms with Crippen molar-refractivity contribution in [3.63, 3.8) is 0 Å². The zero-order chi connectivity index (χ0) is 17.2. The van der Waals surface area contributed by atoms with E-state index in [0.717, 1.165) is 25.1 Å². The Bertz CT molecular complexity index is 900. The van der Waals surface area contributed by atoms with Gasteiger partial charge < -0.3 is 14.3 Å². The van der Waals surface area contributed by atoms with Gasteiger partial charge in [-0.05, 0) is 47.8 Å². The lowest BCUT2D eigenvalue weighted by molar-refractivity contribution is 0.0662. The molecule has 0 saturated carbocycles. The first-order chi connectivity index (χ1) is 12.2. The molecule has 0 radical (unpaired) electrons. The fourth-order valence-corrected chi connectivity index (χ4v) is 2.86. The van der Waals surface area contributed by atoms with Gasteiger partial charge >= 0.3 is 5.97 Å². The summed E-state index contributed by atoms with van der Waals surface area (Å²) < 4.78 is 10.6. The number of aromatic carboxylic acids is 1. The molecule has 0 saturated heterocycles. The van der Waals surface area contributed by atoms with Crippen LogP contribution in [-0.2, 0) is 6.61 Å². The van der Waals surface area contributed by atoms with Crippen molar-refractivity contribution in [2.75, 3.05) is 6.54 Å². The molecule has 5 nitrogen and oxygen atoms in total. The largest absolute Gasteiger partial charge is 0.489 e. The van der Waals surface area contributed by atoms with Crippen LogP contribution in [0.5, 0.6) is 5.75 Å². The molecule has 1 aliphatic carbocycles. The van der Waals surface area contributed by atoms with Crippen molar-refractivity contribution in [2.45, 2.75) is 19.4 Å². The highest BCUT2D eigenvalue weighted by Gasteiger charge is 2.18. The lowest BCUT2D eigenvalue weighted by Crippen LogP contribution is -1.98. The molecule has 0 fully saturated rings. The maximum Gasteiger partial charge on any atom is 0.371 e. The third-order valence-corrected chi connectivity index (χ3v) is 4.33. The summed E-state index contributed by atoms with van der Waals surface area (Å²) in [5.74, 6) is -0.424. The number of ether oxygens (including phenoxy) is 1. The van der Waals surface area contributed by atoms with E-state index in [1.807, 2.05) is 24.3 Å².